The van der Waals surface area contributed by atoms with Gasteiger partial charge in [0.1, 0.15) is 0 Å². The Bertz CT molecular complexity index is 734. The lowest BCUT2D eigenvalue weighted by atomic mass is 9.77. The maximum absolute atomic E-state index is 13.0. The minimum Gasteiger partial charge on any atom is -0.483 e. The van der Waals surface area contributed by atoms with Crippen LogP contribution in [-0.2, 0) is 4.79 Å². The second-order valence-corrected chi connectivity index (χ2v) is 8.92. The van der Waals surface area contributed by atoms with E-state index >= 15 is 0 Å². The molecule has 1 aliphatic carbocycles. The van der Waals surface area contributed by atoms with Gasteiger partial charge in [-0.1, -0.05) is 23.4 Å². The van der Waals surface area contributed by atoms with Crippen LogP contribution in [0.4, 0.5) is 0 Å². The molecule has 29 heavy (non-hydrogen) atoms. The number of rotatable bonds is 3. The standard InChI is InChI=1S/C18H25ClN4O2S.CH2O2/c1-26-18-20-8-13(19)16(21-18)17(25)23-9-11-6-14(22-4-2-3-5-22)15(24)7-12(11)10-23;2-1-3/h8,11-12,14-15,24H,2-7,9-10H2,1H3;1H,(H,2,3)/t11-,12+,14-,15-;/m1./s1. The van der Waals surface area contributed by atoms with Gasteiger partial charge in [0.25, 0.3) is 12.4 Å². The van der Waals surface area contributed by atoms with Crippen LogP contribution in [0.5, 0.6) is 0 Å². The van der Waals surface area contributed by atoms with Gasteiger partial charge < -0.3 is 15.1 Å². The van der Waals surface area contributed by atoms with E-state index < -0.39 is 0 Å². The van der Waals surface area contributed by atoms with Crippen molar-refractivity contribution in [2.75, 3.05) is 32.4 Å². The number of carboxylic acid groups (broad SMARTS) is 1. The normalized spacial score (nSPS) is 29.1. The lowest BCUT2D eigenvalue weighted by Gasteiger charge is -2.40. The summed E-state index contributed by atoms with van der Waals surface area (Å²) in [6, 6.07) is 0.250. The number of thioether (sulfide) groups is 1. The minimum absolute atomic E-state index is 0.116. The molecule has 1 aromatic heterocycles. The predicted octanol–water partition coefficient (Wildman–Crippen LogP) is 1.86. The zero-order valence-electron chi connectivity index (χ0n) is 16.4. The average Bonchev–Trinajstić information content (AvgIpc) is 3.37. The van der Waals surface area contributed by atoms with Crippen LogP contribution in [-0.4, -0.2) is 86.9 Å². The van der Waals surface area contributed by atoms with Crippen molar-refractivity contribution in [2.24, 2.45) is 11.8 Å². The van der Waals surface area contributed by atoms with E-state index in [2.05, 4.69) is 14.9 Å². The molecule has 1 saturated carbocycles. The number of likely N-dealkylation sites (tertiary alicyclic amines) is 2. The second-order valence-electron chi connectivity index (χ2n) is 7.74. The van der Waals surface area contributed by atoms with E-state index in [1.165, 1.54) is 30.8 Å². The van der Waals surface area contributed by atoms with Crippen LogP contribution in [0.25, 0.3) is 0 Å². The Kier molecular flexibility index (Phi) is 7.72. The van der Waals surface area contributed by atoms with Gasteiger partial charge in [0.15, 0.2) is 10.9 Å². The number of hydrogen-bond donors (Lipinski definition) is 2. The highest BCUT2D eigenvalue weighted by Crippen LogP contribution is 2.39. The lowest BCUT2D eigenvalue weighted by molar-refractivity contribution is -0.122. The first-order valence-electron chi connectivity index (χ1n) is 9.84. The summed E-state index contributed by atoms with van der Waals surface area (Å²) < 4.78 is 0. The van der Waals surface area contributed by atoms with Gasteiger partial charge >= 0.3 is 0 Å². The van der Waals surface area contributed by atoms with Crippen LogP contribution < -0.4 is 0 Å². The number of carbonyl (C=O) groups is 2. The van der Waals surface area contributed by atoms with Gasteiger partial charge in [-0.15, -0.1) is 0 Å². The Morgan fingerprint density at radius 1 is 1.28 bits per heavy atom. The third-order valence-electron chi connectivity index (χ3n) is 6.11. The van der Waals surface area contributed by atoms with E-state index in [4.69, 9.17) is 21.5 Å². The Balaban J connectivity index is 0.000000755. The molecule has 0 spiro atoms. The Labute approximate surface area is 179 Å². The molecule has 3 aliphatic rings. The molecule has 2 saturated heterocycles. The van der Waals surface area contributed by atoms with Gasteiger partial charge in [0.2, 0.25) is 0 Å². The molecule has 0 radical (unpaired) electrons. The van der Waals surface area contributed by atoms with Crippen molar-refractivity contribution in [3.05, 3.63) is 16.9 Å². The molecule has 2 aliphatic heterocycles. The Morgan fingerprint density at radius 3 is 2.52 bits per heavy atom. The SMILES string of the molecule is CSc1ncc(Cl)c(C(=O)N2C[C@H]3C[C@@H](N4CCCC4)[C@H](O)C[C@H]3C2)n1.O=CO. The molecule has 4 rings (SSSR count). The van der Waals surface area contributed by atoms with Crippen molar-refractivity contribution < 1.29 is 19.8 Å². The van der Waals surface area contributed by atoms with Gasteiger partial charge in [-0.2, -0.15) is 0 Å². The van der Waals surface area contributed by atoms with Crippen LogP contribution >= 0.6 is 23.4 Å². The number of nitrogens with zero attached hydrogens (tertiary/aromatic N) is 4. The van der Waals surface area contributed by atoms with Crippen molar-refractivity contribution in [3.8, 4) is 0 Å². The third kappa shape index (κ3) is 5.02. The molecule has 1 aromatic rings. The Hall–Kier alpha value is -1.42. The highest BCUT2D eigenvalue weighted by molar-refractivity contribution is 7.98. The third-order valence-corrected chi connectivity index (χ3v) is 6.95. The van der Waals surface area contributed by atoms with E-state index in [1.807, 2.05) is 11.2 Å². The Morgan fingerprint density at radius 2 is 1.90 bits per heavy atom. The smallest absolute Gasteiger partial charge is 0.290 e. The summed E-state index contributed by atoms with van der Waals surface area (Å²) >= 11 is 7.58. The number of aromatic nitrogens is 2. The maximum atomic E-state index is 13.0. The summed E-state index contributed by atoms with van der Waals surface area (Å²) in [6.45, 7) is 3.35. The first-order valence-corrected chi connectivity index (χ1v) is 11.4. The maximum Gasteiger partial charge on any atom is 0.290 e. The molecule has 0 aromatic carbocycles. The van der Waals surface area contributed by atoms with E-state index in [-0.39, 0.29) is 24.5 Å². The van der Waals surface area contributed by atoms with Crippen molar-refractivity contribution in [1.82, 2.24) is 19.8 Å². The van der Waals surface area contributed by atoms with Gasteiger partial charge in [0, 0.05) is 19.1 Å². The highest BCUT2D eigenvalue weighted by atomic mass is 35.5. The van der Waals surface area contributed by atoms with Crippen molar-refractivity contribution in [2.45, 2.75) is 43.0 Å². The van der Waals surface area contributed by atoms with Crippen LogP contribution in [0.15, 0.2) is 11.4 Å². The first kappa shape index (κ1) is 22.3. The molecule has 1 amide bonds. The summed E-state index contributed by atoms with van der Waals surface area (Å²) in [5.41, 5.74) is 0.293. The minimum atomic E-state index is -0.282. The summed E-state index contributed by atoms with van der Waals surface area (Å²) in [5.74, 6) is 0.705. The first-order chi connectivity index (χ1) is 14.0. The monoisotopic (exact) mass is 442 g/mol. The quantitative estimate of drug-likeness (QED) is 0.415. The second kappa shape index (κ2) is 10.1. The zero-order chi connectivity index (χ0) is 21.0. The molecule has 4 atom stereocenters. The van der Waals surface area contributed by atoms with E-state index in [1.54, 1.807) is 0 Å². The van der Waals surface area contributed by atoms with Gasteiger partial charge in [-0.05, 0) is 56.9 Å². The van der Waals surface area contributed by atoms with Gasteiger partial charge in [0.05, 0.1) is 17.3 Å². The molecule has 3 heterocycles. The van der Waals surface area contributed by atoms with Crippen LogP contribution in [0, 0.1) is 11.8 Å². The molecule has 10 heteroatoms. The highest BCUT2D eigenvalue weighted by Gasteiger charge is 2.45. The number of fused-ring (bicyclic) bond motifs is 1. The predicted molar refractivity (Wildman–Crippen MR) is 110 cm³/mol. The largest absolute Gasteiger partial charge is 0.483 e. The van der Waals surface area contributed by atoms with Crippen LogP contribution in [0.1, 0.15) is 36.2 Å². The van der Waals surface area contributed by atoms with Crippen molar-refractivity contribution in [1.29, 1.82) is 0 Å². The lowest BCUT2D eigenvalue weighted by Crippen LogP contribution is -2.48. The topological polar surface area (TPSA) is 107 Å². The van der Waals surface area contributed by atoms with Crippen LogP contribution in [0.3, 0.4) is 0 Å². The number of halogens is 1. The zero-order valence-corrected chi connectivity index (χ0v) is 18.0. The molecule has 2 N–H and O–H groups in total. The van der Waals surface area contributed by atoms with Crippen LogP contribution in [0.2, 0.25) is 5.02 Å². The molecule has 160 valence electrons. The molecule has 0 bridgehead atoms. The van der Waals surface area contributed by atoms with E-state index in [9.17, 15) is 9.90 Å². The van der Waals surface area contributed by atoms with Gasteiger partial charge in [-0.25, -0.2) is 9.97 Å². The summed E-state index contributed by atoms with van der Waals surface area (Å²) in [7, 11) is 0. The van der Waals surface area contributed by atoms with E-state index in [0.717, 1.165) is 32.5 Å². The van der Waals surface area contributed by atoms with Crippen molar-refractivity contribution in [3.63, 3.8) is 0 Å². The fraction of sp³-hybridized carbons (Fsp3) is 0.684. The van der Waals surface area contributed by atoms with E-state index in [0.29, 0.717) is 34.3 Å². The summed E-state index contributed by atoms with van der Waals surface area (Å²) in [6.07, 6.45) is 7.31. The number of carbonyl (C=O) groups excluding carboxylic acids is 1. The van der Waals surface area contributed by atoms with Gasteiger partial charge in [-0.3, -0.25) is 14.5 Å². The molecule has 0 unspecified atom stereocenters. The van der Waals surface area contributed by atoms with Crippen molar-refractivity contribution >= 4 is 35.7 Å². The molecular formula is C19H27ClN4O4S. The molecule has 3 fully saturated rings. The fourth-order valence-corrected chi connectivity index (χ4v) is 5.30. The molecule has 8 nitrogen and oxygen atoms in total. The number of aliphatic hydroxyl groups excluding tert-OH is 1. The fourth-order valence-electron chi connectivity index (χ4n) is 4.79. The molecular weight excluding hydrogens is 416 g/mol. The average molecular weight is 443 g/mol. The summed E-state index contributed by atoms with van der Waals surface area (Å²) in [5, 5.41) is 18.4. The number of aliphatic hydroxyl groups is 1. The number of amides is 1. The number of hydrogen-bond acceptors (Lipinski definition) is 7. The summed E-state index contributed by atoms with van der Waals surface area (Å²) in [4.78, 5) is 34.1.